The van der Waals surface area contributed by atoms with Crippen LogP contribution in [0.4, 0.5) is 4.79 Å². The average Bonchev–Trinajstić information content (AvgIpc) is 2.90. The molecule has 1 aliphatic rings. The van der Waals surface area contributed by atoms with Gasteiger partial charge in [-0.1, -0.05) is 54.6 Å². The highest BCUT2D eigenvalue weighted by atomic mass is 32.2. The molecule has 0 spiro atoms. The van der Waals surface area contributed by atoms with Crippen LogP contribution in [0.3, 0.4) is 0 Å². The van der Waals surface area contributed by atoms with Crippen molar-refractivity contribution < 1.29 is 32.3 Å². The summed E-state index contributed by atoms with van der Waals surface area (Å²) in [5, 5.41) is 0. The zero-order valence-corrected chi connectivity index (χ0v) is 24.6. The van der Waals surface area contributed by atoms with Gasteiger partial charge in [0.1, 0.15) is 17.0 Å². The summed E-state index contributed by atoms with van der Waals surface area (Å²) in [6, 6.07) is 16.1. The molecule has 2 amide bonds. The van der Waals surface area contributed by atoms with E-state index in [0.29, 0.717) is 11.1 Å². The summed E-state index contributed by atoms with van der Waals surface area (Å²) in [6.45, 7) is 9.21. The second-order valence-corrected chi connectivity index (χ2v) is 13.7. The molecule has 0 radical (unpaired) electrons. The van der Waals surface area contributed by atoms with Crippen molar-refractivity contribution in [2.24, 2.45) is 0 Å². The molecule has 1 fully saturated rings. The van der Waals surface area contributed by atoms with E-state index < -0.39 is 38.2 Å². The Kier molecular flexibility index (Phi) is 9.78. The van der Waals surface area contributed by atoms with E-state index in [2.05, 4.69) is 0 Å². The van der Waals surface area contributed by atoms with Gasteiger partial charge >= 0.3 is 12.1 Å². The van der Waals surface area contributed by atoms with Gasteiger partial charge in [0, 0.05) is 32.3 Å². The van der Waals surface area contributed by atoms with Gasteiger partial charge in [-0.2, -0.15) is 0 Å². The number of carbonyl (C=O) groups is 3. The van der Waals surface area contributed by atoms with Crippen molar-refractivity contribution in [3.63, 3.8) is 0 Å². The molecule has 0 N–H and O–H groups in total. The van der Waals surface area contributed by atoms with Crippen LogP contribution in [0, 0.1) is 0 Å². The van der Waals surface area contributed by atoms with Crippen LogP contribution >= 0.6 is 0 Å². The molecular weight excluding hydrogens is 532 g/mol. The van der Waals surface area contributed by atoms with Crippen molar-refractivity contribution in [2.75, 3.05) is 26.2 Å². The van der Waals surface area contributed by atoms with Crippen LogP contribution in [0.2, 0.25) is 0 Å². The van der Waals surface area contributed by atoms with Crippen molar-refractivity contribution in [3.8, 4) is 0 Å². The van der Waals surface area contributed by atoms with Crippen LogP contribution in [-0.2, 0) is 41.3 Å². The molecule has 2 aromatic carbocycles. The molecule has 0 bridgehead atoms. The lowest BCUT2D eigenvalue weighted by atomic mass is 10.1. The molecule has 2 aromatic rings. The maximum atomic E-state index is 13.5. The monoisotopic (exact) mass is 570 g/mol. The lowest BCUT2D eigenvalue weighted by Gasteiger charge is -2.38. The summed E-state index contributed by atoms with van der Waals surface area (Å²) in [6.07, 6.45) is 2.32. The van der Waals surface area contributed by atoms with Crippen molar-refractivity contribution >= 4 is 33.9 Å². The number of hydrogen-bond acceptors (Lipinski definition) is 7. The topological polar surface area (TPSA) is 110 Å². The van der Waals surface area contributed by atoms with Gasteiger partial charge in [0.2, 0.25) is 5.91 Å². The Morgan fingerprint density at radius 2 is 1.43 bits per heavy atom. The largest absolute Gasteiger partial charge is 0.458 e. The second-order valence-electron chi connectivity index (χ2n) is 11.2. The predicted molar refractivity (Wildman–Crippen MR) is 153 cm³/mol. The number of rotatable bonds is 8. The van der Waals surface area contributed by atoms with Crippen LogP contribution in [0.25, 0.3) is 6.08 Å². The lowest BCUT2D eigenvalue weighted by molar-refractivity contribution is -0.139. The smallest absolute Gasteiger partial charge is 0.410 e. The average molecular weight is 571 g/mol. The number of benzene rings is 2. The van der Waals surface area contributed by atoms with Crippen LogP contribution < -0.4 is 0 Å². The first-order valence-corrected chi connectivity index (χ1v) is 14.8. The minimum absolute atomic E-state index is 0.127. The van der Waals surface area contributed by atoms with E-state index >= 15 is 0 Å². The van der Waals surface area contributed by atoms with Crippen molar-refractivity contribution in [2.45, 2.75) is 57.3 Å². The summed E-state index contributed by atoms with van der Waals surface area (Å²) in [7, 11) is -3.97. The van der Waals surface area contributed by atoms with Gasteiger partial charge in [0.25, 0.3) is 0 Å². The zero-order valence-electron chi connectivity index (χ0n) is 23.8. The number of ether oxygens (including phenoxy) is 2. The summed E-state index contributed by atoms with van der Waals surface area (Å²) >= 11 is 0. The van der Waals surface area contributed by atoms with Gasteiger partial charge in [-0.3, -0.25) is 4.79 Å². The summed E-state index contributed by atoms with van der Waals surface area (Å²) in [5.41, 5.74) is 1.23. The third kappa shape index (κ3) is 8.17. The van der Waals surface area contributed by atoms with Gasteiger partial charge in [-0.15, -0.1) is 0 Å². The maximum absolute atomic E-state index is 13.5. The van der Waals surface area contributed by atoms with E-state index in [4.69, 9.17) is 9.47 Å². The Morgan fingerprint density at radius 3 is 2.05 bits per heavy atom. The van der Waals surface area contributed by atoms with E-state index in [9.17, 15) is 22.8 Å². The van der Waals surface area contributed by atoms with Crippen LogP contribution in [0.5, 0.6) is 0 Å². The van der Waals surface area contributed by atoms with Crippen molar-refractivity contribution in [1.29, 1.82) is 0 Å². The highest BCUT2D eigenvalue weighted by Gasteiger charge is 2.45. The van der Waals surface area contributed by atoms with Crippen molar-refractivity contribution in [1.82, 2.24) is 9.80 Å². The first-order chi connectivity index (χ1) is 18.7. The fraction of sp³-hybridized carbons (Fsp3) is 0.433. The molecule has 1 saturated heterocycles. The minimum Gasteiger partial charge on any atom is -0.458 e. The van der Waals surface area contributed by atoms with E-state index in [1.54, 1.807) is 45.0 Å². The Hall–Kier alpha value is -3.66. The molecule has 0 saturated carbocycles. The fourth-order valence-electron chi connectivity index (χ4n) is 4.08. The Balaban J connectivity index is 1.64. The molecule has 40 heavy (non-hydrogen) atoms. The molecule has 10 heteroatoms. The maximum Gasteiger partial charge on any atom is 0.410 e. The number of carbonyl (C=O) groups excluding carboxylic acids is 3. The first kappa shape index (κ1) is 30.9. The predicted octanol–water partition coefficient (Wildman–Crippen LogP) is 4.22. The molecule has 1 aliphatic heterocycles. The Labute approximate surface area is 236 Å². The van der Waals surface area contributed by atoms with Gasteiger partial charge in [-0.05, 0) is 57.4 Å². The number of nitrogens with zero attached hydrogens (tertiary/aromatic N) is 2. The molecule has 9 nitrogen and oxygen atoms in total. The highest BCUT2D eigenvalue weighted by molar-refractivity contribution is 7.92. The fourth-order valence-corrected chi connectivity index (χ4v) is 5.51. The molecule has 216 valence electrons. The number of sulfone groups is 1. The number of hydrogen-bond donors (Lipinski definition) is 0. The molecule has 1 heterocycles. The van der Waals surface area contributed by atoms with Gasteiger partial charge in [0.15, 0.2) is 9.84 Å². The van der Waals surface area contributed by atoms with Crippen LogP contribution in [-0.4, -0.2) is 72.7 Å². The highest BCUT2D eigenvalue weighted by Crippen LogP contribution is 2.27. The molecule has 0 aliphatic carbocycles. The SMILES string of the molecule is CC(C)(C)OC(=O)N1CCN(C(=O)C(C)(C)S(=O)(=O)Cc2ccccc2/C=C/C(=O)OCc2ccccc2)CC1. The Bertz CT molecular complexity index is 1340. The zero-order chi connectivity index (χ0) is 29.6. The number of piperazine rings is 1. The minimum atomic E-state index is -3.97. The third-order valence-corrected chi connectivity index (χ3v) is 8.96. The molecular formula is C30H38N2O7S. The van der Waals surface area contributed by atoms with Gasteiger partial charge < -0.3 is 19.3 Å². The summed E-state index contributed by atoms with van der Waals surface area (Å²) in [4.78, 5) is 41.0. The van der Waals surface area contributed by atoms with E-state index in [0.717, 1.165) is 5.56 Å². The first-order valence-electron chi connectivity index (χ1n) is 13.2. The second kappa shape index (κ2) is 12.7. The molecule has 0 aromatic heterocycles. The van der Waals surface area contributed by atoms with E-state index in [1.165, 1.54) is 35.8 Å². The number of esters is 1. The third-order valence-electron chi connectivity index (χ3n) is 6.53. The van der Waals surface area contributed by atoms with Gasteiger partial charge in [0.05, 0.1) is 5.75 Å². The van der Waals surface area contributed by atoms with Crippen molar-refractivity contribution in [3.05, 3.63) is 77.4 Å². The Morgan fingerprint density at radius 1 is 0.850 bits per heavy atom. The number of amides is 2. The lowest BCUT2D eigenvalue weighted by Crippen LogP contribution is -2.57. The normalized spacial score (nSPS) is 14.7. The standard InChI is InChI=1S/C30H38N2O7S/c1-29(2,3)39-28(35)32-19-17-31(18-20-32)27(34)30(4,5)40(36,37)22-25-14-10-9-13-24(25)15-16-26(33)38-21-23-11-7-6-8-12-23/h6-16H,17-22H2,1-5H3/b16-15+. The quantitative estimate of drug-likeness (QED) is 0.345. The summed E-state index contributed by atoms with van der Waals surface area (Å²) in [5.74, 6) is -1.46. The van der Waals surface area contributed by atoms with E-state index in [-0.39, 0.29) is 38.5 Å². The molecule has 0 unspecified atom stereocenters. The van der Waals surface area contributed by atoms with Gasteiger partial charge in [-0.25, -0.2) is 18.0 Å². The van der Waals surface area contributed by atoms with Crippen LogP contribution in [0.1, 0.15) is 51.3 Å². The molecule has 3 rings (SSSR count). The van der Waals surface area contributed by atoms with E-state index in [1.807, 2.05) is 30.3 Å². The molecule has 0 atom stereocenters. The van der Waals surface area contributed by atoms with Crippen LogP contribution in [0.15, 0.2) is 60.7 Å². The summed E-state index contributed by atoms with van der Waals surface area (Å²) < 4.78 is 36.0.